The number of nitrogens with zero attached hydrogens (tertiary/aromatic N) is 1. The van der Waals surface area contributed by atoms with E-state index in [1.54, 1.807) is 0 Å². The zero-order valence-corrected chi connectivity index (χ0v) is 14.2. The van der Waals surface area contributed by atoms with Gasteiger partial charge in [-0.05, 0) is 57.2 Å². The van der Waals surface area contributed by atoms with Gasteiger partial charge in [-0.2, -0.15) is 0 Å². The molecule has 1 saturated heterocycles. The summed E-state index contributed by atoms with van der Waals surface area (Å²) in [6.45, 7) is 7.41. The van der Waals surface area contributed by atoms with E-state index >= 15 is 0 Å². The molecule has 2 N–H and O–H groups in total. The minimum absolute atomic E-state index is 0.00563. The molecule has 0 spiro atoms. The van der Waals surface area contributed by atoms with Crippen molar-refractivity contribution in [2.45, 2.75) is 52.1 Å². The molecule has 1 aromatic carbocycles. The zero-order valence-electron chi connectivity index (χ0n) is 14.2. The molecule has 2 heterocycles. The summed E-state index contributed by atoms with van der Waals surface area (Å²) < 4.78 is 5.55. The normalized spacial score (nSPS) is 21.0. The van der Waals surface area contributed by atoms with Crippen molar-refractivity contribution in [1.82, 2.24) is 15.3 Å². The van der Waals surface area contributed by atoms with Gasteiger partial charge in [-0.1, -0.05) is 6.07 Å². The molecule has 0 aliphatic carbocycles. The number of carbonyl (C=O) groups is 1. The van der Waals surface area contributed by atoms with Crippen LogP contribution in [0.15, 0.2) is 12.1 Å². The van der Waals surface area contributed by atoms with Crippen molar-refractivity contribution in [1.29, 1.82) is 0 Å². The Labute approximate surface area is 136 Å². The highest BCUT2D eigenvalue weighted by atomic mass is 16.5. The van der Waals surface area contributed by atoms with Crippen LogP contribution >= 0.6 is 0 Å². The highest BCUT2D eigenvalue weighted by Crippen LogP contribution is 2.25. The lowest BCUT2D eigenvalue weighted by Crippen LogP contribution is -2.44. The summed E-state index contributed by atoms with van der Waals surface area (Å²) in [6, 6.07) is 4.19. The number of aryl methyl sites for hydroxylation is 3. The maximum absolute atomic E-state index is 12.1. The fraction of sp³-hybridized carbons (Fsp3) is 0.556. The minimum atomic E-state index is -0.631. The van der Waals surface area contributed by atoms with Crippen molar-refractivity contribution in [3.8, 4) is 0 Å². The molecule has 1 atom stereocenters. The average Bonchev–Trinajstić information content (AvgIpc) is 3.15. The number of aromatic nitrogens is 2. The van der Waals surface area contributed by atoms with E-state index in [4.69, 9.17) is 4.74 Å². The van der Waals surface area contributed by atoms with Gasteiger partial charge in [0.25, 0.3) is 5.91 Å². The lowest BCUT2D eigenvalue weighted by molar-refractivity contribution is -0.139. The summed E-state index contributed by atoms with van der Waals surface area (Å²) in [5.41, 5.74) is 3.99. The topological polar surface area (TPSA) is 67.0 Å². The van der Waals surface area contributed by atoms with E-state index in [9.17, 15) is 4.79 Å². The molecule has 1 unspecified atom stereocenters. The lowest BCUT2D eigenvalue weighted by Gasteiger charge is -2.21. The molecule has 0 radical (unpaired) electrons. The Morgan fingerprint density at radius 1 is 1.43 bits per heavy atom. The summed E-state index contributed by atoms with van der Waals surface area (Å²) in [5.74, 6) is 0.984. The second-order valence-corrected chi connectivity index (χ2v) is 6.63. The van der Waals surface area contributed by atoms with Gasteiger partial charge in [0.2, 0.25) is 0 Å². The Morgan fingerprint density at radius 3 is 3.00 bits per heavy atom. The largest absolute Gasteiger partial charge is 0.365 e. The van der Waals surface area contributed by atoms with E-state index < -0.39 is 5.60 Å². The molecule has 0 bridgehead atoms. The van der Waals surface area contributed by atoms with Crippen molar-refractivity contribution in [2.24, 2.45) is 0 Å². The molecule has 1 amide bonds. The number of fused-ring (bicyclic) bond motifs is 1. The second-order valence-electron chi connectivity index (χ2n) is 6.63. The third-order valence-electron chi connectivity index (χ3n) is 4.80. The molecule has 1 aliphatic heterocycles. The number of imidazole rings is 1. The minimum Gasteiger partial charge on any atom is -0.365 e. The summed E-state index contributed by atoms with van der Waals surface area (Å²) in [4.78, 5) is 20.2. The third kappa shape index (κ3) is 3.24. The van der Waals surface area contributed by atoms with Crippen LogP contribution in [0.4, 0.5) is 0 Å². The van der Waals surface area contributed by atoms with Crippen LogP contribution in [0.5, 0.6) is 0 Å². The monoisotopic (exact) mass is 315 g/mol. The number of ether oxygens (including phenoxy) is 1. The molecule has 124 valence electrons. The predicted octanol–water partition coefficient (Wildman–Crippen LogP) is 2.80. The number of hydrogen-bond donors (Lipinski definition) is 2. The van der Waals surface area contributed by atoms with Crippen LogP contribution in [0.1, 0.15) is 43.1 Å². The van der Waals surface area contributed by atoms with Crippen LogP contribution in [0, 0.1) is 13.8 Å². The van der Waals surface area contributed by atoms with Crippen molar-refractivity contribution in [2.75, 3.05) is 13.2 Å². The number of rotatable bonds is 5. The number of carbonyl (C=O) groups excluding carboxylic acids is 1. The summed E-state index contributed by atoms with van der Waals surface area (Å²) in [7, 11) is 0. The fourth-order valence-corrected chi connectivity index (χ4v) is 3.09. The number of amides is 1. The third-order valence-corrected chi connectivity index (χ3v) is 4.80. The van der Waals surface area contributed by atoms with E-state index in [-0.39, 0.29) is 5.91 Å². The first-order valence-corrected chi connectivity index (χ1v) is 8.37. The maximum Gasteiger partial charge on any atom is 0.251 e. The Kier molecular flexibility index (Phi) is 4.39. The van der Waals surface area contributed by atoms with Gasteiger partial charge >= 0.3 is 0 Å². The molecule has 3 rings (SSSR count). The van der Waals surface area contributed by atoms with Crippen LogP contribution in [-0.2, 0) is 16.0 Å². The van der Waals surface area contributed by atoms with E-state index in [1.807, 2.05) is 6.92 Å². The quantitative estimate of drug-likeness (QED) is 0.834. The van der Waals surface area contributed by atoms with Gasteiger partial charge in [0.15, 0.2) is 0 Å². The number of aromatic amines is 1. The molecule has 23 heavy (non-hydrogen) atoms. The van der Waals surface area contributed by atoms with Crippen LogP contribution in [-0.4, -0.2) is 34.6 Å². The number of H-pyrrole nitrogens is 1. The second kappa shape index (κ2) is 6.32. The van der Waals surface area contributed by atoms with Gasteiger partial charge < -0.3 is 15.0 Å². The van der Waals surface area contributed by atoms with Crippen LogP contribution in [0.25, 0.3) is 11.0 Å². The molecule has 2 aromatic rings. The molecule has 1 aromatic heterocycles. The fourth-order valence-electron chi connectivity index (χ4n) is 3.09. The lowest BCUT2D eigenvalue weighted by atomic mass is 10.0. The first-order valence-electron chi connectivity index (χ1n) is 8.37. The van der Waals surface area contributed by atoms with E-state index in [0.29, 0.717) is 13.2 Å². The SMILES string of the molecule is Cc1ccc2[nH]c(CCCNC(=O)C3(C)CCCO3)nc2c1C. The highest BCUT2D eigenvalue weighted by Gasteiger charge is 2.37. The Hall–Kier alpha value is -1.88. The van der Waals surface area contributed by atoms with Crippen LogP contribution in [0.2, 0.25) is 0 Å². The van der Waals surface area contributed by atoms with Gasteiger partial charge in [0.1, 0.15) is 11.4 Å². The van der Waals surface area contributed by atoms with Gasteiger partial charge in [-0.15, -0.1) is 0 Å². The number of hydrogen-bond acceptors (Lipinski definition) is 3. The van der Waals surface area contributed by atoms with Gasteiger partial charge in [0.05, 0.1) is 11.0 Å². The predicted molar refractivity (Wildman–Crippen MR) is 90.5 cm³/mol. The van der Waals surface area contributed by atoms with Crippen molar-refractivity contribution >= 4 is 16.9 Å². The van der Waals surface area contributed by atoms with Gasteiger partial charge in [-0.25, -0.2) is 4.98 Å². The van der Waals surface area contributed by atoms with Gasteiger partial charge in [-0.3, -0.25) is 4.79 Å². The maximum atomic E-state index is 12.1. The molecule has 1 aliphatic rings. The summed E-state index contributed by atoms with van der Waals surface area (Å²) >= 11 is 0. The summed E-state index contributed by atoms with van der Waals surface area (Å²) in [5, 5.41) is 2.98. The first kappa shape index (κ1) is 16.0. The Morgan fingerprint density at radius 2 is 2.26 bits per heavy atom. The number of nitrogens with one attached hydrogen (secondary N) is 2. The first-order chi connectivity index (χ1) is 11.0. The van der Waals surface area contributed by atoms with E-state index in [2.05, 4.69) is 41.3 Å². The molecule has 0 saturated carbocycles. The smallest absolute Gasteiger partial charge is 0.251 e. The molecule has 1 fully saturated rings. The molecule has 5 nitrogen and oxygen atoms in total. The van der Waals surface area contributed by atoms with Crippen LogP contribution < -0.4 is 5.32 Å². The average molecular weight is 315 g/mol. The number of benzene rings is 1. The highest BCUT2D eigenvalue weighted by molar-refractivity contribution is 5.85. The van der Waals surface area contributed by atoms with Crippen molar-refractivity contribution < 1.29 is 9.53 Å². The standard InChI is InChI=1S/C18H25N3O2/c1-12-7-8-14-16(13(12)2)21-15(20-14)6-4-10-19-17(22)18(3)9-5-11-23-18/h7-8H,4-6,9-11H2,1-3H3,(H,19,22)(H,20,21). The van der Waals surface area contributed by atoms with Crippen LogP contribution in [0.3, 0.4) is 0 Å². The Bertz CT molecular complexity index is 714. The van der Waals surface area contributed by atoms with E-state index in [1.165, 1.54) is 11.1 Å². The van der Waals surface area contributed by atoms with E-state index in [0.717, 1.165) is 42.5 Å². The molecular weight excluding hydrogens is 290 g/mol. The van der Waals surface area contributed by atoms with Gasteiger partial charge in [0, 0.05) is 19.6 Å². The van der Waals surface area contributed by atoms with Crippen molar-refractivity contribution in [3.63, 3.8) is 0 Å². The molecular formula is C18H25N3O2. The Balaban J connectivity index is 1.53. The van der Waals surface area contributed by atoms with Crippen molar-refractivity contribution in [3.05, 3.63) is 29.1 Å². The zero-order chi connectivity index (χ0) is 16.4. The molecule has 5 heteroatoms. The summed E-state index contributed by atoms with van der Waals surface area (Å²) in [6.07, 6.45) is 3.45.